The van der Waals surface area contributed by atoms with Crippen molar-refractivity contribution in [1.82, 2.24) is 20.2 Å². The number of carboxylic acid groups (broad SMARTS) is 1. The number of aromatic carboxylic acids is 1. The lowest BCUT2D eigenvalue weighted by Crippen LogP contribution is -2.42. The van der Waals surface area contributed by atoms with Crippen LogP contribution in [-0.2, 0) is 13.1 Å². The summed E-state index contributed by atoms with van der Waals surface area (Å²) in [6.45, 7) is 2.60. The fraction of sp³-hybridized carbons (Fsp3) is 0.308. The first kappa shape index (κ1) is 14.6. The molecule has 1 unspecified atom stereocenters. The molecule has 2 aromatic rings. The molecule has 21 heavy (non-hydrogen) atoms. The van der Waals surface area contributed by atoms with Gasteiger partial charge in [-0.3, -0.25) is 0 Å². The van der Waals surface area contributed by atoms with Crippen molar-refractivity contribution in [1.29, 1.82) is 0 Å². The number of aromatic nitrogens is 2. The van der Waals surface area contributed by atoms with Gasteiger partial charge in [0.25, 0.3) is 0 Å². The third-order valence-corrected chi connectivity index (χ3v) is 2.72. The van der Waals surface area contributed by atoms with Crippen molar-refractivity contribution in [2.75, 3.05) is 0 Å². The number of nitrogens with zero attached hydrogens (tertiary/aromatic N) is 2. The molecule has 0 aromatic carbocycles. The number of carbonyl (C=O) groups excluding carboxylic acids is 1. The zero-order chi connectivity index (χ0) is 15.2. The highest BCUT2D eigenvalue weighted by atomic mass is 16.4. The van der Waals surface area contributed by atoms with Gasteiger partial charge in [0.15, 0.2) is 0 Å². The van der Waals surface area contributed by atoms with Crippen LogP contribution in [0.4, 0.5) is 4.79 Å². The molecule has 3 N–H and O–H groups in total. The van der Waals surface area contributed by atoms with Gasteiger partial charge in [-0.2, -0.15) is 0 Å². The third-order valence-electron chi connectivity index (χ3n) is 2.72. The van der Waals surface area contributed by atoms with E-state index in [1.54, 1.807) is 12.5 Å². The van der Waals surface area contributed by atoms with Crippen LogP contribution >= 0.6 is 0 Å². The summed E-state index contributed by atoms with van der Waals surface area (Å²) in [5.74, 6) is -0.912. The van der Waals surface area contributed by atoms with Gasteiger partial charge in [0.05, 0.1) is 12.9 Å². The van der Waals surface area contributed by atoms with Crippen molar-refractivity contribution in [2.45, 2.75) is 26.1 Å². The lowest BCUT2D eigenvalue weighted by atomic mass is 10.3. The maximum Gasteiger partial charge on any atom is 0.371 e. The van der Waals surface area contributed by atoms with Crippen LogP contribution in [0.15, 0.2) is 35.3 Å². The topological polar surface area (TPSA) is 109 Å². The number of imidazole rings is 1. The largest absolute Gasteiger partial charge is 0.475 e. The molecule has 0 aliphatic heterocycles. The van der Waals surface area contributed by atoms with Crippen LogP contribution in [0, 0.1) is 0 Å². The van der Waals surface area contributed by atoms with E-state index in [-0.39, 0.29) is 24.4 Å². The predicted octanol–water partition coefficient (Wildman–Crippen LogP) is 1.06. The fourth-order valence-electron chi connectivity index (χ4n) is 1.79. The molecule has 0 bridgehead atoms. The number of hydrogen-bond acceptors (Lipinski definition) is 4. The van der Waals surface area contributed by atoms with Gasteiger partial charge >= 0.3 is 12.0 Å². The van der Waals surface area contributed by atoms with Crippen molar-refractivity contribution in [3.8, 4) is 0 Å². The lowest BCUT2D eigenvalue weighted by Gasteiger charge is -2.14. The first-order chi connectivity index (χ1) is 10.0. The Labute approximate surface area is 120 Å². The van der Waals surface area contributed by atoms with Gasteiger partial charge in [-0.25, -0.2) is 14.6 Å². The molecular formula is C13H16N4O4. The molecule has 0 saturated carbocycles. The average molecular weight is 292 g/mol. The zero-order valence-electron chi connectivity index (χ0n) is 11.4. The Morgan fingerprint density at radius 1 is 1.48 bits per heavy atom. The van der Waals surface area contributed by atoms with E-state index in [4.69, 9.17) is 9.52 Å². The third kappa shape index (κ3) is 4.37. The Hall–Kier alpha value is -2.77. The molecule has 112 valence electrons. The highest BCUT2D eigenvalue weighted by Crippen LogP contribution is 2.07. The number of hydrogen-bond donors (Lipinski definition) is 3. The Kier molecular flexibility index (Phi) is 4.60. The molecule has 2 rings (SSSR count). The summed E-state index contributed by atoms with van der Waals surface area (Å²) in [5, 5.41) is 14.1. The van der Waals surface area contributed by atoms with E-state index in [0.29, 0.717) is 12.3 Å². The summed E-state index contributed by atoms with van der Waals surface area (Å²) in [5.41, 5.74) is 0. The van der Waals surface area contributed by atoms with Crippen LogP contribution in [-0.4, -0.2) is 32.7 Å². The minimum absolute atomic E-state index is 0.0784. The van der Waals surface area contributed by atoms with Crippen LogP contribution in [0.25, 0.3) is 0 Å². The molecule has 2 aromatic heterocycles. The maximum atomic E-state index is 11.7. The molecule has 0 aliphatic rings. The SMILES string of the molecule is CC(Cn1ccnc1)NC(=O)NCc1ccc(C(=O)O)o1. The Balaban J connectivity index is 1.75. The van der Waals surface area contributed by atoms with E-state index < -0.39 is 5.97 Å². The Morgan fingerprint density at radius 3 is 2.90 bits per heavy atom. The molecule has 0 saturated heterocycles. The van der Waals surface area contributed by atoms with Crippen LogP contribution < -0.4 is 10.6 Å². The minimum Gasteiger partial charge on any atom is -0.475 e. The second-order valence-corrected chi connectivity index (χ2v) is 4.56. The van der Waals surface area contributed by atoms with Crippen molar-refractivity contribution in [3.05, 3.63) is 42.4 Å². The zero-order valence-corrected chi connectivity index (χ0v) is 11.4. The van der Waals surface area contributed by atoms with Gasteiger partial charge in [0, 0.05) is 25.0 Å². The molecule has 2 heterocycles. The van der Waals surface area contributed by atoms with Gasteiger partial charge in [0.1, 0.15) is 5.76 Å². The Morgan fingerprint density at radius 2 is 2.29 bits per heavy atom. The fourth-order valence-corrected chi connectivity index (χ4v) is 1.79. The summed E-state index contributed by atoms with van der Waals surface area (Å²) in [7, 11) is 0. The van der Waals surface area contributed by atoms with Crippen molar-refractivity contribution >= 4 is 12.0 Å². The smallest absolute Gasteiger partial charge is 0.371 e. The van der Waals surface area contributed by atoms with Gasteiger partial charge in [0.2, 0.25) is 5.76 Å². The highest BCUT2D eigenvalue weighted by molar-refractivity contribution is 5.84. The summed E-state index contributed by atoms with van der Waals surface area (Å²) in [4.78, 5) is 26.3. The van der Waals surface area contributed by atoms with Crippen molar-refractivity contribution < 1.29 is 19.1 Å². The van der Waals surface area contributed by atoms with Crippen LogP contribution in [0.3, 0.4) is 0 Å². The minimum atomic E-state index is -1.14. The van der Waals surface area contributed by atoms with Gasteiger partial charge in [-0.15, -0.1) is 0 Å². The van der Waals surface area contributed by atoms with E-state index in [1.807, 2.05) is 17.7 Å². The quantitative estimate of drug-likeness (QED) is 0.737. The number of nitrogens with one attached hydrogen (secondary N) is 2. The van der Waals surface area contributed by atoms with Crippen LogP contribution in [0.5, 0.6) is 0 Å². The molecule has 0 spiro atoms. The first-order valence-electron chi connectivity index (χ1n) is 6.36. The maximum absolute atomic E-state index is 11.7. The van der Waals surface area contributed by atoms with E-state index in [2.05, 4.69) is 15.6 Å². The van der Waals surface area contributed by atoms with Gasteiger partial charge < -0.3 is 24.7 Å². The number of rotatable bonds is 6. The second kappa shape index (κ2) is 6.60. The molecule has 8 nitrogen and oxygen atoms in total. The van der Waals surface area contributed by atoms with Crippen molar-refractivity contribution in [2.24, 2.45) is 0 Å². The summed E-state index contributed by atoms with van der Waals surface area (Å²) in [6, 6.07) is 2.43. The molecule has 1 atom stereocenters. The number of amides is 2. The molecule has 0 radical (unpaired) electrons. The molecule has 0 aliphatic carbocycles. The molecule has 0 fully saturated rings. The van der Waals surface area contributed by atoms with Crippen LogP contribution in [0.1, 0.15) is 23.2 Å². The molecular weight excluding hydrogens is 276 g/mol. The monoisotopic (exact) mass is 292 g/mol. The van der Waals surface area contributed by atoms with Crippen molar-refractivity contribution in [3.63, 3.8) is 0 Å². The normalized spacial score (nSPS) is 11.9. The number of carbonyl (C=O) groups is 2. The summed E-state index contributed by atoms with van der Waals surface area (Å²) < 4.78 is 6.89. The summed E-state index contributed by atoms with van der Waals surface area (Å²) in [6.07, 6.45) is 5.16. The first-order valence-corrected chi connectivity index (χ1v) is 6.36. The van der Waals surface area contributed by atoms with Crippen LogP contribution in [0.2, 0.25) is 0 Å². The highest BCUT2D eigenvalue weighted by Gasteiger charge is 2.11. The van der Waals surface area contributed by atoms with E-state index in [0.717, 1.165) is 0 Å². The number of carboxylic acids is 1. The van der Waals surface area contributed by atoms with E-state index in [9.17, 15) is 9.59 Å². The summed E-state index contributed by atoms with van der Waals surface area (Å²) >= 11 is 0. The average Bonchev–Trinajstić information content (AvgIpc) is 3.06. The second-order valence-electron chi connectivity index (χ2n) is 4.56. The van der Waals surface area contributed by atoms with E-state index >= 15 is 0 Å². The van der Waals surface area contributed by atoms with E-state index in [1.165, 1.54) is 12.1 Å². The predicted molar refractivity (Wildman–Crippen MR) is 72.7 cm³/mol. The lowest BCUT2D eigenvalue weighted by molar-refractivity contribution is 0.0660. The van der Waals surface area contributed by atoms with Gasteiger partial charge in [-0.1, -0.05) is 0 Å². The number of urea groups is 1. The number of furan rings is 1. The van der Waals surface area contributed by atoms with Gasteiger partial charge in [-0.05, 0) is 19.1 Å². The molecule has 8 heteroatoms. The Bertz CT molecular complexity index is 605. The standard InChI is InChI=1S/C13H16N4O4/c1-9(7-17-5-4-14-8-17)16-13(20)15-6-10-2-3-11(21-10)12(18)19/h2-5,8-9H,6-7H2,1H3,(H,18,19)(H2,15,16,20). The molecule has 2 amide bonds.